The quantitative estimate of drug-likeness (QED) is 0.279. The summed E-state index contributed by atoms with van der Waals surface area (Å²) < 4.78 is 6.25. The average Bonchev–Trinajstić information content (AvgIpc) is 3.63. The number of benzene rings is 2. The second kappa shape index (κ2) is 11.8. The molecule has 4 aromatic rings. The van der Waals surface area contributed by atoms with Gasteiger partial charge in [0, 0.05) is 27.9 Å². The van der Waals surface area contributed by atoms with Crippen LogP contribution in [0.25, 0.3) is 22.2 Å². The Labute approximate surface area is 216 Å². The second-order valence-electron chi connectivity index (χ2n) is 9.37. The first kappa shape index (κ1) is 24.6. The summed E-state index contributed by atoms with van der Waals surface area (Å²) >= 11 is 1.65. The zero-order valence-corrected chi connectivity index (χ0v) is 21.5. The van der Waals surface area contributed by atoms with Crippen LogP contribution in [0.15, 0.2) is 71.4 Å². The molecule has 2 atom stereocenters. The Morgan fingerprint density at radius 1 is 1.14 bits per heavy atom. The molecule has 0 unspecified atom stereocenters. The molecule has 1 aliphatic rings. The lowest BCUT2D eigenvalue weighted by molar-refractivity contribution is -0.121. The maximum absolute atomic E-state index is 13.5. The van der Waals surface area contributed by atoms with Gasteiger partial charge in [0.2, 0.25) is 5.91 Å². The number of fused-ring (bicyclic) bond motifs is 1. The minimum atomic E-state index is -0.0173. The SMILES string of the molecule is CC[C@H](NC(=O)Cc1c(COC[C@@H]2CCCN2)c(-c2ccsc2)nc2ccccc12)c1ccccc1. The zero-order chi connectivity index (χ0) is 24.7. The van der Waals surface area contributed by atoms with Crippen LogP contribution in [0.2, 0.25) is 0 Å². The molecule has 0 saturated carbocycles. The summed E-state index contributed by atoms with van der Waals surface area (Å²) in [6.07, 6.45) is 3.44. The number of hydrogen-bond acceptors (Lipinski definition) is 5. The summed E-state index contributed by atoms with van der Waals surface area (Å²) in [5.74, 6) is 0.0111. The Morgan fingerprint density at radius 2 is 1.97 bits per heavy atom. The molecule has 3 heterocycles. The van der Waals surface area contributed by atoms with E-state index in [0.29, 0.717) is 19.3 Å². The highest BCUT2D eigenvalue weighted by Crippen LogP contribution is 2.33. The minimum absolute atomic E-state index is 0.0111. The molecule has 5 nitrogen and oxygen atoms in total. The second-order valence-corrected chi connectivity index (χ2v) is 10.2. The number of carbonyl (C=O) groups excluding carboxylic acids is 1. The van der Waals surface area contributed by atoms with Gasteiger partial charge in [0.05, 0.1) is 36.9 Å². The summed E-state index contributed by atoms with van der Waals surface area (Å²) in [6.45, 7) is 4.25. The number of thiophene rings is 1. The van der Waals surface area contributed by atoms with E-state index >= 15 is 0 Å². The first-order valence-corrected chi connectivity index (χ1v) is 13.8. The topological polar surface area (TPSA) is 63.2 Å². The zero-order valence-electron chi connectivity index (χ0n) is 20.7. The number of rotatable bonds is 10. The van der Waals surface area contributed by atoms with Crippen molar-refractivity contribution < 1.29 is 9.53 Å². The van der Waals surface area contributed by atoms with Crippen LogP contribution in [0.3, 0.4) is 0 Å². The highest BCUT2D eigenvalue weighted by molar-refractivity contribution is 7.08. The Morgan fingerprint density at radius 3 is 2.72 bits per heavy atom. The standard InChI is InChI=1S/C30H33N3O2S/c1-2-27(21-9-4-3-5-10-21)32-29(34)17-25-24-12-6-7-13-28(24)33-30(22-14-16-36-20-22)26(25)19-35-18-23-11-8-15-31-23/h3-7,9-10,12-14,16,20,23,27,31H,2,8,11,15,17-19H2,1H3,(H,32,34)/t23-,27-/m0/s1. The molecule has 0 bridgehead atoms. The van der Waals surface area contributed by atoms with Crippen molar-refractivity contribution in [3.8, 4) is 11.3 Å². The van der Waals surface area contributed by atoms with Crippen molar-refractivity contribution in [1.82, 2.24) is 15.6 Å². The van der Waals surface area contributed by atoms with Crippen molar-refractivity contribution in [1.29, 1.82) is 0 Å². The van der Waals surface area contributed by atoms with E-state index in [0.717, 1.165) is 58.2 Å². The van der Waals surface area contributed by atoms with Crippen LogP contribution in [0, 0.1) is 0 Å². The largest absolute Gasteiger partial charge is 0.375 e. The van der Waals surface area contributed by atoms with Crippen LogP contribution >= 0.6 is 11.3 Å². The molecule has 2 N–H and O–H groups in total. The number of carbonyl (C=O) groups is 1. The van der Waals surface area contributed by atoms with Crippen molar-refractivity contribution in [2.45, 2.75) is 51.3 Å². The molecule has 36 heavy (non-hydrogen) atoms. The van der Waals surface area contributed by atoms with Crippen LogP contribution in [-0.4, -0.2) is 30.1 Å². The molecular formula is C30H33N3O2S. The molecule has 1 aliphatic heterocycles. The van der Waals surface area contributed by atoms with Crippen LogP contribution in [0.5, 0.6) is 0 Å². The van der Waals surface area contributed by atoms with Gasteiger partial charge in [-0.25, -0.2) is 4.98 Å². The number of ether oxygens (including phenoxy) is 1. The van der Waals surface area contributed by atoms with Crippen molar-refractivity contribution >= 4 is 28.1 Å². The fourth-order valence-corrected chi connectivity index (χ4v) is 5.67. The first-order valence-electron chi connectivity index (χ1n) is 12.8. The van der Waals surface area contributed by atoms with E-state index in [-0.39, 0.29) is 18.4 Å². The molecule has 2 aromatic carbocycles. The smallest absolute Gasteiger partial charge is 0.224 e. The lowest BCUT2D eigenvalue weighted by Gasteiger charge is -2.21. The fraction of sp³-hybridized carbons (Fsp3) is 0.333. The van der Waals surface area contributed by atoms with E-state index in [1.165, 1.54) is 6.42 Å². The third-order valence-electron chi connectivity index (χ3n) is 6.92. The van der Waals surface area contributed by atoms with Gasteiger partial charge >= 0.3 is 0 Å². The van der Waals surface area contributed by atoms with Gasteiger partial charge in [-0.3, -0.25) is 4.79 Å². The summed E-state index contributed by atoms with van der Waals surface area (Å²) in [5.41, 5.74) is 6.01. The predicted molar refractivity (Wildman–Crippen MR) is 147 cm³/mol. The predicted octanol–water partition coefficient (Wildman–Crippen LogP) is 6.04. The number of nitrogens with zero attached hydrogens (tertiary/aromatic N) is 1. The first-order chi connectivity index (χ1) is 17.7. The summed E-state index contributed by atoms with van der Waals surface area (Å²) in [4.78, 5) is 18.5. The van der Waals surface area contributed by atoms with Gasteiger partial charge in [0.1, 0.15) is 0 Å². The third kappa shape index (κ3) is 5.67. The minimum Gasteiger partial charge on any atom is -0.375 e. The Kier molecular flexibility index (Phi) is 8.06. The van der Waals surface area contributed by atoms with Crippen molar-refractivity contribution in [3.63, 3.8) is 0 Å². The number of nitrogens with one attached hydrogen (secondary N) is 2. The number of hydrogen-bond donors (Lipinski definition) is 2. The number of pyridine rings is 1. The number of para-hydroxylation sites is 1. The third-order valence-corrected chi connectivity index (χ3v) is 7.60. The van der Waals surface area contributed by atoms with Crippen LogP contribution in [0.4, 0.5) is 0 Å². The monoisotopic (exact) mass is 499 g/mol. The molecule has 6 heteroatoms. The lowest BCUT2D eigenvalue weighted by Crippen LogP contribution is -2.30. The van der Waals surface area contributed by atoms with Gasteiger partial charge in [-0.2, -0.15) is 11.3 Å². The average molecular weight is 500 g/mol. The molecule has 1 saturated heterocycles. The fourth-order valence-electron chi connectivity index (χ4n) is 5.03. The van der Waals surface area contributed by atoms with Gasteiger partial charge in [-0.05, 0) is 54.4 Å². The Balaban J connectivity index is 1.48. The summed E-state index contributed by atoms with van der Waals surface area (Å²) in [5, 5.41) is 12.0. The molecular weight excluding hydrogens is 466 g/mol. The number of amides is 1. The van der Waals surface area contributed by atoms with Crippen LogP contribution in [-0.2, 0) is 22.6 Å². The highest BCUT2D eigenvalue weighted by Gasteiger charge is 2.22. The van der Waals surface area contributed by atoms with Crippen LogP contribution < -0.4 is 10.6 Å². The van der Waals surface area contributed by atoms with Gasteiger partial charge < -0.3 is 15.4 Å². The molecule has 0 spiro atoms. The Bertz CT molecular complexity index is 1280. The highest BCUT2D eigenvalue weighted by atomic mass is 32.1. The maximum atomic E-state index is 13.5. The molecule has 0 radical (unpaired) electrons. The van der Waals surface area contributed by atoms with E-state index in [4.69, 9.17) is 9.72 Å². The molecule has 5 rings (SSSR count). The molecule has 2 aromatic heterocycles. The van der Waals surface area contributed by atoms with Gasteiger partial charge in [0.25, 0.3) is 0 Å². The van der Waals surface area contributed by atoms with Gasteiger partial charge in [-0.1, -0.05) is 55.5 Å². The lowest BCUT2D eigenvalue weighted by atomic mass is 9.95. The maximum Gasteiger partial charge on any atom is 0.224 e. The molecule has 186 valence electrons. The Hall–Kier alpha value is -3.06. The van der Waals surface area contributed by atoms with E-state index in [1.807, 2.05) is 36.4 Å². The number of aromatic nitrogens is 1. The van der Waals surface area contributed by atoms with Crippen molar-refractivity contribution in [2.75, 3.05) is 13.2 Å². The van der Waals surface area contributed by atoms with E-state index < -0.39 is 0 Å². The summed E-state index contributed by atoms with van der Waals surface area (Å²) in [6, 6.07) is 20.8. The van der Waals surface area contributed by atoms with Gasteiger partial charge in [0.15, 0.2) is 0 Å². The summed E-state index contributed by atoms with van der Waals surface area (Å²) in [7, 11) is 0. The van der Waals surface area contributed by atoms with E-state index in [2.05, 4.69) is 52.6 Å². The molecule has 1 fully saturated rings. The van der Waals surface area contributed by atoms with Crippen molar-refractivity contribution in [3.05, 3.63) is 88.1 Å². The van der Waals surface area contributed by atoms with Crippen molar-refractivity contribution in [2.24, 2.45) is 0 Å². The van der Waals surface area contributed by atoms with E-state index in [1.54, 1.807) is 11.3 Å². The normalized spacial score (nSPS) is 16.3. The van der Waals surface area contributed by atoms with E-state index in [9.17, 15) is 4.79 Å². The molecule has 1 amide bonds. The van der Waals surface area contributed by atoms with Crippen LogP contribution in [0.1, 0.15) is 48.9 Å². The van der Waals surface area contributed by atoms with Gasteiger partial charge in [-0.15, -0.1) is 0 Å². The molecule has 0 aliphatic carbocycles.